The number of hydrogen-bond donors (Lipinski definition) is 1. The maximum absolute atomic E-state index is 12.4. The van der Waals surface area contributed by atoms with E-state index in [2.05, 4.69) is 10.3 Å². The van der Waals surface area contributed by atoms with Gasteiger partial charge in [-0.05, 0) is 49.1 Å². The molecule has 4 rings (SSSR count). The molecule has 2 amide bonds. The molecule has 1 aromatic carbocycles. The minimum atomic E-state index is -0.176. The Morgan fingerprint density at radius 2 is 1.91 bits per heavy atom. The predicted octanol–water partition coefficient (Wildman–Crippen LogP) is 2.63. The molecule has 0 bridgehead atoms. The number of nitrogens with one attached hydrogen (secondary N) is 1. The van der Waals surface area contributed by atoms with Gasteiger partial charge in [0.2, 0.25) is 5.91 Å². The molecule has 2 aliphatic rings. The lowest BCUT2D eigenvalue weighted by Crippen LogP contribution is -2.30. The number of aromatic nitrogens is 1. The molecule has 0 saturated heterocycles. The summed E-state index contributed by atoms with van der Waals surface area (Å²) < 4.78 is 0. The number of pyridine rings is 1. The third-order valence-corrected chi connectivity index (χ3v) is 4.37. The van der Waals surface area contributed by atoms with Crippen molar-refractivity contribution in [2.24, 2.45) is 5.92 Å². The lowest BCUT2D eigenvalue weighted by Gasteiger charge is -2.18. The third kappa shape index (κ3) is 2.70. The first kappa shape index (κ1) is 13.9. The second kappa shape index (κ2) is 5.50. The topological polar surface area (TPSA) is 62.3 Å². The number of carbonyl (C=O) groups is 2. The van der Waals surface area contributed by atoms with E-state index < -0.39 is 0 Å². The monoisotopic (exact) mass is 307 g/mol. The van der Waals surface area contributed by atoms with Gasteiger partial charge in [0.15, 0.2) is 0 Å². The van der Waals surface area contributed by atoms with Gasteiger partial charge in [-0.3, -0.25) is 14.6 Å². The molecule has 0 spiro atoms. The van der Waals surface area contributed by atoms with Gasteiger partial charge >= 0.3 is 0 Å². The molecule has 1 aliphatic heterocycles. The quantitative estimate of drug-likeness (QED) is 0.948. The van der Waals surface area contributed by atoms with Gasteiger partial charge in [-0.2, -0.15) is 0 Å². The summed E-state index contributed by atoms with van der Waals surface area (Å²) in [6.45, 7) is 0.742. The third-order valence-electron chi connectivity index (χ3n) is 4.37. The van der Waals surface area contributed by atoms with Gasteiger partial charge in [0.05, 0.1) is 0 Å². The molecule has 2 aromatic rings. The maximum Gasteiger partial charge on any atom is 0.255 e. The molecule has 1 saturated carbocycles. The summed E-state index contributed by atoms with van der Waals surface area (Å²) in [4.78, 5) is 30.4. The minimum absolute atomic E-state index is 0.176. The fourth-order valence-electron chi connectivity index (χ4n) is 2.94. The van der Waals surface area contributed by atoms with Gasteiger partial charge in [0.1, 0.15) is 0 Å². The first-order valence-electron chi connectivity index (χ1n) is 7.88. The van der Waals surface area contributed by atoms with Crippen molar-refractivity contribution in [1.29, 1.82) is 0 Å². The fraction of sp³-hybridized carbons (Fsp3) is 0.278. The Bertz CT molecular complexity index is 769. The van der Waals surface area contributed by atoms with E-state index in [0.29, 0.717) is 11.3 Å². The van der Waals surface area contributed by atoms with Gasteiger partial charge in [-0.1, -0.05) is 6.07 Å². The van der Waals surface area contributed by atoms with E-state index in [1.165, 1.54) is 5.56 Å². The largest absolute Gasteiger partial charge is 0.322 e. The van der Waals surface area contributed by atoms with Gasteiger partial charge in [0.25, 0.3) is 5.91 Å². The van der Waals surface area contributed by atoms with Gasteiger partial charge in [0, 0.05) is 41.8 Å². The molecule has 5 heteroatoms. The van der Waals surface area contributed by atoms with Crippen molar-refractivity contribution in [3.63, 3.8) is 0 Å². The highest BCUT2D eigenvalue weighted by Gasteiger charge is 2.36. The molecule has 1 aliphatic carbocycles. The molecule has 5 nitrogen and oxygen atoms in total. The molecule has 0 unspecified atom stereocenters. The number of benzene rings is 1. The Kier molecular flexibility index (Phi) is 3.33. The molecular weight excluding hydrogens is 290 g/mol. The van der Waals surface area contributed by atoms with Crippen LogP contribution in [0.1, 0.15) is 28.8 Å². The zero-order chi connectivity index (χ0) is 15.8. The van der Waals surface area contributed by atoms with Crippen LogP contribution in [0.2, 0.25) is 0 Å². The number of amides is 2. The minimum Gasteiger partial charge on any atom is -0.322 e. The highest BCUT2D eigenvalue weighted by molar-refractivity contribution is 6.05. The predicted molar refractivity (Wildman–Crippen MR) is 87.4 cm³/mol. The van der Waals surface area contributed by atoms with Crippen LogP contribution < -0.4 is 10.2 Å². The lowest BCUT2D eigenvalue weighted by atomic mass is 10.1. The lowest BCUT2D eigenvalue weighted by molar-refractivity contribution is -0.119. The van der Waals surface area contributed by atoms with Gasteiger partial charge in [-0.15, -0.1) is 0 Å². The van der Waals surface area contributed by atoms with Crippen LogP contribution in [0.3, 0.4) is 0 Å². The summed E-state index contributed by atoms with van der Waals surface area (Å²) in [6, 6.07) is 9.14. The molecule has 1 aromatic heterocycles. The Morgan fingerprint density at radius 3 is 2.65 bits per heavy atom. The number of rotatable bonds is 3. The number of hydrogen-bond acceptors (Lipinski definition) is 3. The molecule has 23 heavy (non-hydrogen) atoms. The smallest absolute Gasteiger partial charge is 0.255 e. The number of fused-ring (bicyclic) bond motifs is 1. The number of carbonyl (C=O) groups excluding carboxylic acids is 2. The SMILES string of the molecule is O=C(Nc1ccc2c(c1)N(C(=O)C1CC1)CC2)c1ccncc1. The average Bonchev–Trinajstić information content (AvgIpc) is 3.35. The molecular formula is C18H17N3O2. The molecule has 2 heterocycles. The average molecular weight is 307 g/mol. The standard InChI is InChI=1S/C18H17N3O2/c22-17(13-5-8-19-9-6-13)20-15-4-3-12-7-10-21(16(12)11-15)18(23)14-1-2-14/h3-6,8-9,11,14H,1-2,7,10H2,(H,20,22). The van der Waals surface area contributed by atoms with Crippen LogP contribution in [0, 0.1) is 5.92 Å². The van der Waals surface area contributed by atoms with Crippen molar-refractivity contribution in [2.45, 2.75) is 19.3 Å². The van der Waals surface area contributed by atoms with E-state index in [1.54, 1.807) is 24.5 Å². The van der Waals surface area contributed by atoms with Crippen LogP contribution in [0.15, 0.2) is 42.7 Å². The van der Waals surface area contributed by atoms with Crippen molar-refractivity contribution in [3.05, 3.63) is 53.9 Å². The summed E-state index contributed by atoms with van der Waals surface area (Å²) in [6.07, 6.45) is 6.07. The van der Waals surface area contributed by atoms with Crippen molar-refractivity contribution in [1.82, 2.24) is 4.98 Å². The first-order chi connectivity index (χ1) is 11.2. The second-order valence-electron chi connectivity index (χ2n) is 6.05. The second-order valence-corrected chi connectivity index (χ2v) is 6.05. The molecule has 0 radical (unpaired) electrons. The van der Waals surface area contributed by atoms with E-state index in [1.807, 2.05) is 23.1 Å². The summed E-state index contributed by atoms with van der Waals surface area (Å²) >= 11 is 0. The van der Waals surface area contributed by atoms with E-state index >= 15 is 0 Å². The molecule has 0 atom stereocenters. The van der Waals surface area contributed by atoms with E-state index in [4.69, 9.17) is 0 Å². The normalized spacial score (nSPS) is 16.1. The Labute approximate surface area is 134 Å². The summed E-state index contributed by atoms with van der Waals surface area (Å²) in [7, 11) is 0. The molecule has 1 fully saturated rings. The highest BCUT2D eigenvalue weighted by Crippen LogP contribution is 2.37. The van der Waals surface area contributed by atoms with Crippen LogP contribution in [-0.2, 0) is 11.2 Å². The fourth-order valence-corrected chi connectivity index (χ4v) is 2.94. The van der Waals surface area contributed by atoms with Crippen LogP contribution in [0.25, 0.3) is 0 Å². The van der Waals surface area contributed by atoms with Crippen molar-refractivity contribution in [2.75, 3.05) is 16.8 Å². The van der Waals surface area contributed by atoms with Crippen LogP contribution >= 0.6 is 0 Å². The summed E-state index contributed by atoms with van der Waals surface area (Å²) in [5.41, 5.74) is 3.38. The van der Waals surface area contributed by atoms with Crippen LogP contribution in [-0.4, -0.2) is 23.3 Å². The highest BCUT2D eigenvalue weighted by atomic mass is 16.2. The summed E-state index contributed by atoms with van der Waals surface area (Å²) in [5.74, 6) is 0.253. The maximum atomic E-state index is 12.4. The van der Waals surface area contributed by atoms with E-state index in [0.717, 1.165) is 31.5 Å². The zero-order valence-corrected chi connectivity index (χ0v) is 12.7. The van der Waals surface area contributed by atoms with Gasteiger partial charge in [-0.25, -0.2) is 0 Å². The first-order valence-corrected chi connectivity index (χ1v) is 7.88. The molecule has 116 valence electrons. The zero-order valence-electron chi connectivity index (χ0n) is 12.7. The Hall–Kier alpha value is -2.69. The van der Waals surface area contributed by atoms with Gasteiger partial charge < -0.3 is 10.2 Å². The van der Waals surface area contributed by atoms with Crippen molar-refractivity contribution < 1.29 is 9.59 Å². The Balaban J connectivity index is 1.56. The Morgan fingerprint density at radius 1 is 1.13 bits per heavy atom. The van der Waals surface area contributed by atoms with Crippen LogP contribution in [0.5, 0.6) is 0 Å². The van der Waals surface area contributed by atoms with Crippen LogP contribution in [0.4, 0.5) is 11.4 Å². The number of anilines is 2. The summed E-state index contributed by atoms with van der Waals surface area (Å²) in [5, 5.41) is 2.89. The number of nitrogens with zero attached hydrogens (tertiary/aromatic N) is 2. The van der Waals surface area contributed by atoms with E-state index in [-0.39, 0.29) is 17.7 Å². The van der Waals surface area contributed by atoms with E-state index in [9.17, 15) is 9.59 Å². The van der Waals surface area contributed by atoms with Crippen molar-refractivity contribution in [3.8, 4) is 0 Å². The molecule has 1 N–H and O–H groups in total. The van der Waals surface area contributed by atoms with Crippen molar-refractivity contribution >= 4 is 23.2 Å².